The molecular weight excluding hydrogens is 344 g/mol. The summed E-state index contributed by atoms with van der Waals surface area (Å²) in [4.78, 5) is 10.3. The summed E-state index contributed by atoms with van der Waals surface area (Å²) >= 11 is 0. The van der Waals surface area contributed by atoms with E-state index in [4.69, 9.17) is 4.74 Å². The third-order valence-corrected chi connectivity index (χ3v) is 6.26. The Balaban J connectivity index is 2.07. The summed E-state index contributed by atoms with van der Waals surface area (Å²) in [5.41, 5.74) is 0.628. The van der Waals surface area contributed by atoms with E-state index in [1.165, 1.54) is 23.5 Å². The standard InChI is InChI=1S/C17H18N2O5S/c1-24-16-10-9-14(19(20)21)12-17(16)25(22,23)18-11-5-8-15(18)13-6-3-2-4-7-13/h2-4,6-7,9-10,12,15H,5,8,11H2,1H3. The molecule has 0 bridgehead atoms. The van der Waals surface area contributed by atoms with Gasteiger partial charge in [-0.2, -0.15) is 4.31 Å². The quantitative estimate of drug-likeness (QED) is 0.602. The van der Waals surface area contributed by atoms with E-state index in [1.54, 1.807) is 0 Å². The van der Waals surface area contributed by atoms with Crippen LogP contribution in [-0.2, 0) is 10.0 Å². The molecule has 0 N–H and O–H groups in total. The van der Waals surface area contributed by atoms with E-state index in [0.717, 1.165) is 18.1 Å². The van der Waals surface area contributed by atoms with Crippen molar-refractivity contribution in [1.82, 2.24) is 4.31 Å². The summed E-state index contributed by atoms with van der Waals surface area (Å²) in [7, 11) is -2.58. The van der Waals surface area contributed by atoms with Gasteiger partial charge in [0.15, 0.2) is 0 Å². The minimum absolute atomic E-state index is 0.101. The Hall–Kier alpha value is -2.45. The van der Waals surface area contributed by atoms with Gasteiger partial charge >= 0.3 is 0 Å². The van der Waals surface area contributed by atoms with Crippen molar-refractivity contribution in [3.8, 4) is 5.75 Å². The molecule has 1 fully saturated rings. The lowest BCUT2D eigenvalue weighted by Crippen LogP contribution is -2.31. The molecule has 1 aliphatic heterocycles. The molecule has 0 aliphatic carbocycles. The molecule has 2 aromatic rings. The van der Waals surface area contributed by atoms with Gasteiger partial charge in [0.2, 0.25) is 10.0 Å². The lowest BCUT2D eigenvalue weighted by molar-refractivity contribution is -0.385. The van der Waals surface area contributed by atoms with Gasteiger partial charge < -0.3 is 4.74 Å². The molecule has 1 aliphatic rings. The molecule has 0 radical (unpaired) electrons. The van der Waals surface area contributed by atoms with Crippen LogP contribution >= 0.6 is 0 Å². The number of hydrogen-bond donors (Lipinski definition) is 0. The number of nitrogens with zero attached hydrogens (tertiary/aromatic N) is 2. The van der Waals surface area contributed by atoms with Crippen molar-refractivity contribution in [3.05, 3.63) is 64.2 Å². The van der Waals surface area contributed by atoms with Gasteiger partial charge in [0.1, 0.15) is 10.6 Å². The average Bonchev–Trinajstić information content (AvgIpc) is 3.12. The van der Waals surface area contributed by atoms with Crippen molar-refractivity contribution in [1.29, 1.82) is 0 Å². The van der Waals surface area contributed by atoms with E-state index in [0.29, 0.717) is 13.0 Å². The van der Waals surface area contributed by atoms with E-state index in [1.807, 2.05) is 30.3 Å². The van der Waals surface area contributed by atoms with Gasteiger partial charge in [-0.3, -0.25) is 10.1 Å². The maximum atomic E-state index is 13.2. The molecule has 2 aromatic carbocycles. The third-order valence-electron chi connectivity index (χ3n) is 4.33. The molecule has 1 atom stereocenters. The molecule has 1 heterocycles. The molecule has 8 heteroatoms. The molecule has 3 rings (SSSR count). The van der Waals surface area contributed by atoms with Crippen molar-refractivity contribution in [3.63, 3.8) is 0 Å². The van der Waals surface area contributed by atoms with Gasteiger partial charge in [0.25, 0.3) is 5.69 Å². The van der Waals surface area contributed by atoms with Crippen LogP contribution in [0.2, 0.25) is 0 Å². The second kappa shape index (κ2) is 6.81. The first-order chi connectivity index (χ1) is 11.9. The molecule has 132 valence electrons. The smallest absolute Gasteiger partial charge is 0.271 e. The highest BCUT2D eigenvalue weighted by atomic mass is 32.2. The number of methoxy groups -OCH3 is 1. The average molecular weight is 362 g/mol. The molecular formula is C17H18N2O5S. The monoisotopic (exact) mass is 362 g/mol. The zero-order valence-electron chi connectivity index (χ0n) is 13.7. The highest BCUT2D eigenvalue weighted by molar-refractivity contribution is 7.89. The zero-order chi connectivity index (χ0) is 18.0. The highest BCUT2D eigenvalue weighted by Crippen LogP contribution is 2.39. The summed E-state index contributed by atoms with van der Waals surface area (Å²) in [6.07, 6.45) is 1.44. The number of sulfonamides is 1. The number of nitro groups is 1. The Morgan fingerprint density at radius 1 is 1.20 bits per heavy atom. The Labute approximate surface area is 146 Å². The first-order valence-electron chi connectivity index (χ1n) is 7.84. The Kier molecular flexibility index (Phi) is 4.73. The molecule has 1 saturated heterocycles. The van der Waals surface area contributed by atoms with Gasteiger partial charge in [0, 0.05) is 18.7 Å². The van der Waals surface area contributed by atoms with Crippen LogP contribution in [-0.4, -0.2) is 31.3 Å². The number of ether oxygens (including phenoxy) is 1. The van der Waals surface area contributed by atoms with Crippen molar-refractivity contribution in [2.75, 3.05) is 13.7 Å². The van der Waals surface area contributed by atoms with Crippen LogP contribution in [0.4, 0.5) is 5.69 Å². The predicted octanol–water partition coefficient (Wildman–Crippen LogP) is 3.13. The van der Waals surface area contributed by atoms with Gasteiger partial charge in [-0.05, 0) is 24.5 Å². The summed E-state index contributed by atoms with van der Waals surface area (Å²) < 4.78 is 32.9. The fourth-order valence-corrected chi connectivity index (χ4v) is 5.00. The van der Waals surface area contributed by atoms with Crippen molar-refractivity contribution < 1.29 is 18.1 Å². The van der Waals surface area contributed by atoms with Crippen molar-refractivity contribution in [2.45, 2.75) is 23.8 Å². The van der Waals surface area contributed by atoms with E-state index in [2.05, 4.69) is 0 Å². The zero-order valence-corrected chi connectivity index (χ0v) is 14.5. The van der Waals surface area contributed by atoms with Crippen LogP contribution in [0.15, 0.2) is 53.4 Å². The fraction of sp³-hybridized carbons (Fsp3) is 0.294. The van der Waals surface area contributed by atoms with E-state index in [9.17, 15) is 18.5 Å². The maximum Gasteiger partial charge on any atom is 0.271 e. The summed E-state index contributed by atoms with van der Waals surface area (Å²) in [6.45, 7) is 0.369. The van der Waals surface area contributed by atoms with Crippen molar-refractivity contribution in [2.24, 2.45) is 0 Å². The number of nitro benzene ring substituents is 1. The molecule has 0 amide bonds. The maximum absolute atomic E-state index is 13.2. The Bertz CT molecular complexity index is 883. The SMILES string of the molecule is COc1ccc([N+](=O)[O-])cc1S(=O)(=O)N1CCCC1c1ccccc1. The summed E-state index contributed by atoms with van der Waals surface area (Å²) in [5.74, 6) is 0.101. The van der Waals surface area contributed by atoms with E-state index in [-0.39, 0.29) is 22.4 Å². The highest BCUT2D eigenvalue weighted by Gasteiger charge is 2.38. The second-order valence-corrected chi connectivity index (χ2v) is 7.64. The van der Waals surface area contributed by atoms with Crippen LogP contribution in [0.5, 0.6) is 5.75 Å². The first-order valence-corrected chi connectivity index (χ1v) is 9.28. The lowest BCUT2D eigenvalue weighted by atomic mass is 10.1. The lowest BCUT2D eigenvalue weighted by Gasteiger charge is -2.25. The fourth-order valence-electron chi connectivity index (χ4n) is 3.14. The van der Waals surface area contributed by atoms with E-state index < -0.39 is 14.9 Å². The largest absolute Gasteiger partial charge is 0.495 e. The molecule has 1 unspecified atom stereocenters. The summed E-state index contributed by atoms with van der Waals surface area (Å²) in [6, 6.07) is 12.7. The normalized spacial score (nSPS) is 18.2. The van der Waals surface area contributed by atoms with Gasteiger partial charge in [0.05, 0.1) is 18.1 Å². The van der Waals surface area contributed by atoms with Crippen LogP contribution in [0.3, 0.4) is 0 Å². The molecule has 25 heavy (non-hydrogen) atoms. The van der Waals surface area contributed by atoms with Gasteiger partial charge in [-0.1, -0.05) is 30.3 Å². The number of rotatable bonds is 5. The van der Waals surface area contributed by atoms with Crippen molar-refractivity contribution >= 4 is 15.7 Å². The summed E-state index contributed by atoms with van der Waals surface area (Å²) in [5, 5.41) is 11.0. The molecule has 0 aromatic heterocycles. The van der Waals surface area contributed by atoms with Crippen LogP contribution in [0, 0.1) is 10.1 Å². The number of benzene rings is 2. The number of hydrogen-bond acceptors (Lipinski definition) is 5. The van der Waals surface area contributed by atoms with Gasteiger partial charge in [-0.25, -0.2) is 8.42 Å². The first kappa shape index (κ1) is 17.4. The second-order valence-electron chi connectivity index (χ2n) is 5.78. The Morgan fingerprint density at radius 2 is 1.92 bits per heavy atom. The van der Waals surface area contributed by atoms with Gasteiger partial charge in [-0.15, -0.1) is 0 Å². The van der Waals surface area contributed by atoms with Crippen LogP contribution in [0.25, 0.3) is 0 Å². The molecule has 7 nitrogen and oxygen atoms in total. The van der Waals surface area contributed by atoms with Crippen LogP contribution in [0.1, 0.15) is 24.4 Å². The third kappa shape index (κ3) is 3.22. The molecule has 0 saturated carbocycles. The molecule has 0 spiro atoms. The van der Waals surface area contributed by atoms with Crippen LogP contribution < -0.4 is 4.74 Å². The van der Waals surface area contributed by atoms with E-state index >= 15 is 0 Å². The predicted molar refractivity (Wildman–Crippen MR) is 92.0 cm³/mol. The topological polar surface area (TPSA) is 89.7 Å². The minimum Gasteiger partial charge on any atom is -0.495 e. The Morgan fingerprint density at radius 3 is 2.56 bits per heavy atom. The minimum atomic E-state index is -3.93. The number of non-ortho nitro benzene ring substituents is 1.